The first-order valence-corrected chi connectivity index (χ1v) is 10.9. The van der Waals surface area contributed by atoms with Gasteiger partial charge in [0.2, 0.25) is 0 Å². The van der Waals surface area contributed by atoms with Crippen molar-refractivity contribution >= 4 is 5.91 Å². The largest absolute Gasteiger partial charge is 0.339 e. The molecule has 28 heavy (non-hydrogen) atoms. The molecule has 0 aromatic heterocycles. The van der Waals surface area contributed by atoms with E-state index in [1.807, 2.05) is 6.07 Å². The van der Waals surface area contributed by atoms with E-state index >= 15 is 0 Å². The number of carbonyl (C=O) groups excluding carboxylic acids is 1. The van der Waals surface area contributed by atoms with Crippen LogP contribution in [-0.4, -0.2) is 37.0 Å². The first kappa shape index (κ1) is 17.9. The molecule has 2 aromatic rings. The lowest BCUT2D eigenvalue weighted by molar-refractivity contribution is 0.0666. The number of piperidine rings is 2. The number of carbonyl (C=O) groups is 1. The zero-order valence-corrected chi connectivity index (χ0v) is 16.6. The highest BCUT2D eigenvalue weighted by Gasteiger charge is 2.41. The van der Waals surface area contributed by atoms with Crippen molar-refractivity contribution in [2.45, 2.75) is 49.9 Å². The molecule has 0 saturated carbocycles. The van der Waals surface area contributed by atoms with Crippen LogP contribution in [0.15, 0.2) is 48.5 Å². The normalized spacial score (nSPS) is 23.6. The Bertz CT molecular complexity index is 860. The van der Waals surface area contributed by atoms with E-state index in [0.29, 0.717) is 11.3 Å². The molecular weight excluding hydrogens is 344 g/mol. The van der Waals surface area contributed by atoms with Gasteiger partial charge in [0.05, 0.1) is 0 Å². The quantitative estimate of drug-likeness (QED) is 0.851. The number of likely N-dealkylation sites (tertiary alicyclic amines) is 1. The Kier molecular flexibility index (Phi) is 4.72. The maximum Gasteiger partial charge on any atom is 0.253 e. The van der Waals surface area contributed by atoms with Crippen LogP contribution in [0.5, 0.6) is 0 Å². The predicted octanol–water partition coefficient (Wildman–Crippen LogP) is 4.27. The van der Waals surface area contributed by atoms with Crippen LogP contribution in [0.25, 0.3) is 0 Å². The molecule has 5 rings (SSSR count). The van der Waals surface area contributed by atoms with Gasteiger partial charge < -0.3 is 10.2 Å². The van der Waals surface area contributed by atoms with E-state index in [0.717, 1.165) is 44.6 Å². The second-order valence-corrected chi connectivity index (χ2v) is 8.90. The molecule has 1 atom stereocenters. The number of amides is 1. The first-order valence-electron chi connectivity index (χ1n) is 10.9. The average Bonchev–Trinajstić information content (AvgIpc) is 3.13. The Labute approximate surface area is 168 Å². The van der Waals surface area contributed by atoms with Gasteiger partial charge in [-0.15, -0.1) is 0 Å². The van der Waals surface area contributed by atoms with Gasteiger partial charge >= 0.3 is 0 Å². The van der Waals surface area contributed by atoms with E-state index in [1.165, 1.54) is 36.8 Å². The van der Waals surface area contributed by atoms with Crippen molar-refractivity contribution in [3.63, 3.8) is 0 Å². The molecule has 146 valence electrons. The standard InChI is InChI=1S/C25H30N2O/c28-24(21-7-3-6-20(17-21)22-8-4-14-26-18-22)27-15-12-25(13-16-27)11-10-19-5-1-2-9-23(19)25/h1-3,5-7,9,17,22,26H,4,8,10-16,18H2/t22-/m1/s1. The van der Waals surface area contributed by atoms with Gasteiger partial charge in [0.25, 0.3) is 5.91 Å². The van der Waals surface area contributed by atoms with Crippen LogP contribution in [0, 0.1) is 0 Å². The number of nitrogens with zero attached hydrogens (tertiary/aromatic N) is 1. The summed E-state index contributed by atoms with van der Waals surface area (Å²) in [6.45, 7) is 3.90. The topological polar surface area (TPSA) is 32.3 Å². The molecule has 1 amide bonds. The van der Waals surface area contributed by atoms with Crippen LogP contribution in [0.3, 0.4) is 0 Å². The average molecular weight is 375 g/mol. The summed E-state index contributed by atoms with van der Waals surface area (Å²) in [5, 5.41) is 3.49. The number of aryl methyl sites for hydroxylation is 1. The number of benzene rings is 2. The summed E-state index contributed by atoms with van der Waals surface area (Å²) in [4.78, 5) is 15.3. The highest BCUT2D eigenvalue weighted by Crippen LogP contribution is 2.46. The molecule has 3 nitrogen and oxygen atoms in total. The van der Waals surface area contributed by atoms with Crippen LogP contribution in [0.2, 0.25) is 0 Å². The van der Waals surface area contributed by atoms with E-state index in [2.05, 4.69) is 52.7 Å². The van der Waals surface area contributed by atoms with Crippen LogP contribution in [0.1, 0.15) is 65.1 Å². The molecule has 1 N–H and O–H groups in total. The third-order valence-corrected chi connectivity index (χ3v) is 7.37. The van der Waals surface area contributed by atoms with Crippen molar-refractivity contribution in [2.75, 3.05) is 26.2 Å². The third kappa shape index (κ3) is 3.16. The van der Waals surface area contributed by atoms with Crippen LogP contribution < -0.4 is 5.32 Å². The Morgan fingerprint density at radius 2 is 1.89 bits per heavy atom. The molecule has 3 aliphatic rings. The van der Waals surface area contributed by atoms with Crippen molar-refractivity contribution in [1.82, 2.24) is 10.2 Å². The molecule has 1 aliphatic carbocycles. The zero-order chi connectivity index (χ0) is 19.0. The zero-order valence-electron chi connectivity index (χ0n) is 16.6. The molecule has 0 bridgehead atoms. The predicted molar refractivity (Wildman–Crippen MR) is 113 cm³/mol. The highest BCUT2D eigenvalue weighted by atomic mass is 16.2. The lowest BCUT2D eigenvalue weighted by atomic mass is 9.74. The molecule has 2 aliphatic heterocycles. The van der Waals surface area contributed by atoms with E-state index < -0.39 is 0 Å². The molecular formula is C25H30N2O. The van der Waals surface area contributed by atoms with Crippen LogP contribution in [0.4, 0.5) is 0 Å². The first-order chi connectivity index (χ1) is 13.8. The Morgan fingerprint density at radius 1 is 1.04 bits per heavy atom. The second-order valence-electron chi connectivity index (χ2n) is 8.90. The van der Waals surface area contributed by atoms with Crippen molar-refractivity contribution in [2.24, 2.45) is 0 Å². The fourth-order valence-electron chi connectivity index (χ4n) is 5.67. The smallest absolute Gasteiger partial charge is 0.253 e. The number of rotatable bonds is 2. The third-order valence-electron chi connectivity index (χ3n) is 7.37. The maximum atomic E-state index is 13.2. The summed E-state index contributed by atoms with van der Waals surface area (Å²) < 4.78 is 0. The summed E-state index contributed by atoms with van der Waals surface area (Å²) in [6, 6.07) is 17.3. The van der Waals surface area contributed by atoms with Gasteiger partial charge in [0, 0.05) is 25.2 Å². The summed E-state index contributed by atoms with van der Waals surface area (Å²) in [5.41, 5.74) is 5.57. The molecule has 0 radical (unpaired) electrons. The SMILES string of the molecule is O=C(c1cccc([C@@H]2CCCNC2)c1)N1CCC2(CCc3ccccc32)CC1. The van der Waals surface area contributed by atoms with E-state index in [9.17, 15) is 4.79 Å². The Hall–Kier alpha value is -2.13. The van der Waals surface area contributed by atoms with Gasteiger partial charge in [0.1, 0.15) is 0 Å². The molecule has 2 heterocycles. The lowest BCUT2D eigenvalue weighted by Crippen LogP contribution is -2.44. The molecule has 0 unspecified atom stereocenters. The summed E-state index contributed by atoms with van der Waals surface area (Å²) in [7, 11) is 0. The minimum Gasteiger partial charge on any atom is -0.339 e. The fraction of sp³-hybridized carbons (Fsp3) is 0.480. The van der Waals surface area contributed by atoms with E-state index in [-0.39, 0.29) is 5.91 Å². The molecule has 1 spiro atoms. The van der Waals surface area contributed by atoms with Crippen molar-refractivity contribution in [1.29, 1.82) is 0 Å². The number of hydrogen-bond acceptors (Lipinski definition) is 2. The van der Waals surface area contributed by atoms with Gasteiger partial charge in [-0.25, -0.2) is 0 Å². The van der Waals surface area contributed by atoms with E-state index in [1.54, 1.807) is 5.56 Å². The summed E-state index contributed by atoms with van der Waals surface area (Å²) >= 11 is 0. The van der Waals surface area contributed by atoms with Crippen molar-refractivity contribution in [3.05, 3.63) is 70.8 Å². The molecule has 3 heteroatoms. The van der Waals surface area contributed by atoms with Gasteiger partial charge in [0.15, 0.2) is 0 Å². The van der Waals surface area contributed by atoms with Crippen LogP contribution >= 0.6 is 0 Å². The number of fused-ring (bicyclic) bond motifs is 2. The Morgan fingerprint density at radius 3 is 2.71 bits per heavy atom. The summed E-state index contributed by atoms with van der Waals surface area (Å²) in [6.07, 6.45) is 7.08. The minimum absolute atomic E-state index is 0.215. The van der Waals surface area contributed by atoms with Crippen molar-refractivity contribution < 1.29 is 4.79 Å². The lowest BCUT2D eigenvalue weighted by Gasteiger charge is -2.40. The number of nitrogens with one attached hydrogen (secondary N) is 1. The highest BCUT2D eigenvalue weighted by molar-refractivity contribution is 5.94. The monoisotopic (exact) mass is 374 g/mol. The van der Waals surface area contributed by atoms with E-state index in [4.69, 9.17) is 0 Å². The van der Waals surface area contributed by atoms with Gasteiger partial charge in [-0.1, -0.05) is 36.4 Å². The van der Waals surface area contributed by atoms with Gasteiger partial charge in [-0.3, -0.25) is 4.79 Å². The fourth-order valence-corrected chi connectivity index (χ4v) is 5.67. The van der Waals surface area contributed by atoms with Crippen molar-refractivity contribution in [3.8, 4) is 0 Å². The molecule has 2 aromatic carbocycles. The maximum absolute atomic E-state index is 13.2. The van der Waals surface area contributed by atoms with Crippen LogP contribution in [-0.2, 0) is 11.8 Å². The van der Waals surface area contributed by atoms with Gasteiger partial charge in [-0.05, 0) is 85.2 Å². The Balaban J connectivity index is 1.29. The summed E-state index contributed by atoms with van der Waals surface area (Å²) in [5.74, 6) is 0.757. The second kappa shape index (κ2) is 7.36. The van der Waals surface area contributed by atoms with Gasteiger partial charge in [-0.2, -0.15) is 0 Å². The molecule has 2 saturated heterocycles. The number of hydrogen-bond donors (Lipinski definition) is 1. The minimum atomic E-state index is 0.215. The molecule has 2 fully saturated rings.